The molecule has 1 atom stereocenters. The van der Waals surface area contributed by atoms with Gasteiger partial charge in [0.05, 0.1) is 6.04 Å². The number of amides is 1. The molecule has 136 valence electrons. The second kappa shape index (κ2) is 10.7. The van der Waals surface area contributed by atoms with E-state index in [-0.39, 0.29) is 24.4 Å². The Morgan fingerprint density at radius 2 is 1.83 bits per heavy atom. The Bertz CT molecular complexity index is 484. The van der Waals surface area contributed by atoms with Crippen molar-refractivity contribution in [2.45, 2.75) is 58.7 Å². The zero-order chi connectivity index (χ0) is 16.7. The molecular weight excluding hydrogens is 322 g/mol. The first-order valence-corrected chi connectivity index (χ1v) is 8.92. The van der Waals surface area contributed by atoms with Crippen LogP contribution in [0.25, 0.3) is 0 Å². The molecule has 1 unspecified atom stereocenters. The Morgan fingerprint density at radius 1 is 1.25 bits per heavy atom. The lowest BCUT2D eigenvalue weighted by atomic mass is 9.99. The third-order valence-corrected chi connectivity index (χ3v) is 4.71. The van der Waals surface area contributed by atoms with Crippen LogP contribution in [0, 0.1) is 5.92 Å². The zero-order valence-corrected chi connectivity index (χ0v) is 15.8. The molecule has 2 rings (SSSR count). The van der Waals surface area contributed by atoms with Crippen molar-refractivity contribution < 1.29 is 4.79 Å². The van der Waals surface area contributed by atoms with E-state index in [4.69, 9.17) is 5.73 Å². The van der Waals surface area contributed by atoms with Crippen molar-refractivity contribution in [3.8, 4) is 0 Å². The molecule has 24 heavy (non-hydrogen) atoms. The topological polar surface area (TPSA) is 58.4 Å². The lowest BCUT2D eigenvalue weighted by molar-refractivity contribution is -0.122. The van der Waals surface area contributed by atoms with E-state index in [1.807, 2.05) is 6.92 Å². The maximum Gasteiger partial charge on any atom is 0.237 e. The minimum atomic E-state index is -0.388. The highest BCUT2D eigenvalue weighted by molar-refractivity contribution is 5.85. The van der Waals surface area contributed by atoms with Crippen LogP contribution in [-0.2, 0) is 17.9 Å². The van der Waals surface area contributed by atoms with Crippen LogP contribution < -0.4 is 11.1 Å². The minimum absolute atomic E-state index is 0. The molecule has 5 heteroatoms. The summed E-state index contributed by atoms with van der Waals surface area (Å²) in [6.45, 7) is 8.36. The lowest BCUT2D eigenvalue weighted by Gasteiger charge is -2.30. The standard InChI is InChI=1S/C19H31N3O.ClH/c1-3-4-18(20)19(23)21-13-16-5-7-17(8-6-16)14-22-11-9-15(2)10-12-22;/h5-8,15,18H,3-4,9-14,20H2,1-2H3,(H,21,23);1H. The summed E-state index contributed by atoms with van der Waals surface area (Å²) in [6, 6.07) is 8.17. The maximum atomic E-state index is 11.8. The number of piperidine rings is 1. The summed E-state index contributed by atoms with van der Waals surface area (Å²) >= 11 is 0. The third kappa shape index (κ3) is 6.80. The lowest BCUT2D eigenvalue weighted by Crippen LogP contribution is -2.40. The SMILES string of the molecule is CCCC(N)C(=O)NCc1ccc(CN2CCC(C)CC2)cc1.Cl. The van der Waals surface area contributed by atoms with E-state index >= 15 is 0 Å². The normalized spacial score (nSPS) is 17.1. The number of carbonyl (C=O) groups is 1. The van der Waals surface area contributed by atoms with E-state index in [1.54, 1.807) is 0 Å². The number of nitrogens with two attached hydrogens (primary N) is 1. The number of halogens is 1. The Labute approximate surface area is 152 Å². The molecule has 1 fully saturated rings. The molecule has 0 bridgehead atoms. The first-order chi connectivity index (χ1) is 11.1. The van der Waals surface area contributed by atoms with Crippen LogP contribution in [0.15, 0.2) is 24.3 Å². The number of hydrogen-bond acceptors (Lipinski definition) is 3. The van der Waals surface area contributed by atoms with E-state index in [0.717, 1.165) is 30.9 Å². The summed E-state index contributed by atoms with van der Waals surface area (Å²) in [4.78, 5) is 14.3. The molecule has 1 aliphatic rings. The molecule has 0 aromatic heterocycles. The van der Waals surface area contributed by atoms with Gasteiger partial charge in [0, 0.05) is 13.1 Å². The summed E-state index contributed by atoms with van der Waals surface area (Å²) in [7, 11) is 0. The van der Waals surface area contributed by atoms with Crippen LogP contribution in [0.2, 0.25) is 0 Å². The molecule has 1 saturated heterocycles. The average molecular weight is 354 g/mol. The summed E-state index contributed by atoms with van der Waals surface area (Å²) in [6.07, 6.45) is 4.28. The van der Waals surface area contributed by atoms with Gasteiger partial charge in [-0.3, -0.25) is 9.69 Å². The molecule has 1 aliphatic heterocycles. The molecule has 0 aliphatic carbocycles. The van der Waals surface area contributed by atoms with Gasteiger partial charge in [0.15, 0.2) is 0 Å². The zero-order valence-electron chi connectivity index (χ0n) is 15.0. The van der Waals surface area contributed by atoms with Crippen molar-refractivity contribution >= 4 is 18.3 Å². The molecule has 3 N–H and O–H groups in total. The maximum absolute atomic E-state index is 11.8. The highest BCUT2D eigenvalue weighted by atomic mass is 35.5. The van der Waals surface area contributed by atoms with E-state index < -0.39 is 0 Å². The number of hydrogen-bond donors (Lipinski definition) is 2. The molecule has 4 nitrogen and oxygen atoms in total. The summed E-state index contributed by atoms with van der Waals surface area (Å²) in [5.74, 6) is 0.815. The second-order valence-electron chi connectivity index (χ2n) is 6.89. The van der Waals surface area contributed by atoms with Crippen LogP contribution >= 0.6 is 12.4 Å². The van der Waals surface area contributed by atoms with Gasteiger partial charge >= 0.3 is 0 Å². The Kier molecular flexibility index (Phi) is 9.34. The molecule has 1 heterocycles. The van der Waals surface area contributed by atoms with Gasteiger partial charge < -0.3 is 11.1 Å². The van der Waals surface area contributed by atoms with Crippen molar-refractivity contribution in [1.29, 1.82) is 0 Å². The Morgan fingerprint density at radius 3 is 2.42 bits per heavy atom. The monoisotopic (exact) mass is 353 g/mol. The molecule has 0 spiro atoms. The van der Waals surface area contributed by atoms with Gasteiger partial charge in [0.2, 0.25) is 5.91 Å². The predicted molar refractivity (Wildman–Crippen MR) is 102 cm³/mol. The van der Waals surface area contributed by atoms with Gasteiger partial charge in [0.1, 0.15) is 0 Å². The molecule has 1 aromatic rings. The largest absolute Gasteiger partial charge is 0.351 e. The third-order valence-electron chi connectivity index (χ3n) is 4.71. The average Bonchev–Trinajstić information content (AvgIpc) is 2.56. The van der Waals surface area contributed by atoms with Gasteiger partial charge in [-0.15, -0.1) is 12.4 Å². The fraction of sp³-hybridized carbons (Fsp3) is 0.632. The molecule has 0 radical (unpaired) electrons. The summed E-state index contributed by atoms with van der Waals surface area (Å²) < 4.78 is 0. The van der Waals surface area contributed by atoms with Gasteiger partial charge in [-0.05, 0) is 49.4 Å². The van der Waals surface area contributed by atoms with Crippen molar-refractivity contribution in [1.82, 2.24) is 10.2 Å². The molecule has 0 saturated carbocycles. The van der Waals surface area contributed by atoms with Crippen molar-refractivity contribution in [2.75, 3.05) is 13.1 Å². The fourth-order valence-corrected chi connectivity index (χ4v) is 3.00. The van der Waals surface area contributed by atoms with Crippen molar-refractivity contribution in [2.24, 2.45) is 11.7 Å². The number of nitrogens with zero attached hydrogens (tertiary/aromatic N) is 1. The molecule has 1 amide bonds. The van der Waals surface area contributed by atoms with Gasteiger partial charge in [0.25, 0.3) is 0 Å². The van der Waals surface area contributed by atoms with E-state index in [1.165, 1.54) is 31.5 Å². The molecule has 1 aromatic carbocycles. The Hall–Kier alpha value is -1.10. The smallest absolute Gasteiger partial charge is 0.237 e. The highest BCUT2D eigenvalue weighted by Gasteiger charge is 2.15. The first kappa shape index (κ1) is 20.9. The number of likely N-dealkylation sites (tertiary alicyclic amines) is 1. The van der Waals surface area contributed by atoms with Crippen LogP contribution in [0.1, 0.15) is 50.7 Å². The number of benzene rings is 1. The van der Waals surface area contributed by atoms with Crippen molar-refractivity contribution in [3.63, 3.8) is 0 Å². The van der Waals surface area contributed by atoms with Crippen LogP contribution in [0.3, 0.4) is 0 Å². The first-order valence-electron chi connectivity index (χ1n) is 8.92. The second-order valence-corrected chi connectivity index (χ2v) is 6.89. The highest BCUT2D eigenvalue weighted by Crippen LogP contribution is 2.18. The Balaban J connectivity index is 0.00000288. The van der Waals surface area contributed by atoms with Crippen LogP contribution in [-0.4, -0.2) is 29.9 Å². The van der Waals surface area contributed by atoms with Crippen LogP contribution in [0.5, 0.6) is 0 Å². The minimum Gasteiger partial charge on any atom is -0.351 e. The fourth-order valence-electron chi connectivity index (χ4n) is 3.00. The quantitative estimate of drug-likeness (QED) is 0.792. The number of nitrogens with one attached hydrogen (secondary N) is 1. The van der Waals surface area contributed by atoms with Gasteiger partial charge in [-0.25, -0.2) is 0 Å². The van der Waals surface area contributed by atoms with Crippen LogP contribution in [0.4, 0.5) is 0 Å². The number of rotatable bonds is 7. The molecular formula is C19H32ClN3O. The van der Waals surface area contributed by atoms with Gasteiger partial charge in [-0.1, -0.05) is 44.5 Å². The van der Waals surface area contributed by atoms with E-state index in [0.29, 0.717) is 6.54 Å². The van der Waals surface area contributed by atoms with Crippen molar-refractivity contribution in [3.05, 3.63) is 35.4 Å². The van der Waals surface area contributed by atoms with E-state index in [2.05, 4.69) is 41.4 Å². The summed E-state index contributed by atoms with van der Waals surface area (Å²) in [5.41, 5.74) is 8.28. The summed E-state index contributed by atoms with van der Waals surface area (Å²) in [5, 5.41) is 2.91. The van der Waals surface area contributed by atoms with Gasteiger partial charge in [-0.2, -0.15) is 0 Å². The van der Waals surface area contributed by atoms with E-state index in [9.17, 15) is 4.79 Å². The number of carbonyl (C=O) groups excluding carboxylic acids is 1. The predicted octanol–water partition coefficient (Wildman–Crippen LogP) is 3.08.